The van der Waals surface area contributed by atoms with Crippen LogP contribution in [-0.4, -0.2) is 25.0 Å². The van der Waals surface area contributed by atoms with Crippen molar-refractivity contribution in [2.75, 3.05) is 23.4 Å². The van der Waals surface area contributed by atoms with Gasteiger partial charge < -0.3 is 15.0 Å². The molecule has 2 aromatic carbocycles. The van der Waals surface area contributed by atoms with Crippen molar-refractivity contribution in [1.82, 2.24) is 0 Å². The summed E-state index contributed by atoms with van der Waals surface area (Å²) < 4.78 is 19.0. The largest absolute Gasteiger partial charge is 0.482 e. The summed E-state index contributed by atoms with van der Waals surface area (Å²) in [5.41, 5.74) is 1.93. The zero-order valence-corrected chi connectivity index (χ0v) is 13.9. The van der Waals surface area contributed by atoms with Gasteiger partial charge in [-0.3, -0.25) is 9.59 Å². The average Bonchev–Trinajstić information content (AvgIpc) is 2.59. The quantitative estimate of drug-likeness (QED) is 0.907. The number of nitrogens with zero attached hydrogens (tertiary/aromatic N) is 1. The Balaban J connectivity index is 1.58. The van der Waals surface area contributed by atoms with E-state index in [0.29, 0.717) is 18.7 Å². The molecule has 0 aromatic heterocycles. The SMILES string of the molecule is Cc1ccc2c(c1)OCC(=O)N2CCCC(=O)Nc1ccccc1F. The Kier molecular flexibility index (Phi) is 4.97. The number of anilines is 2. The van der Waals surface area contributed by atoms with Gasteiger partial charge >= 0.3 is 0 Å². The first kappa shape index (κ1) is 17.0. The molecular formula is C19H19FN2O3. The Morgan fingerprint density at radius 1 is 1.28 bits per heavy atom. The van der Waals surface area contributed by atoms with Crippen LogP contribution in [0, 0.1) is 12.7 Å². The van der Waals surface area contributed by atoms with Crippen molar-refractivity contribution in [3.05, 3.63) is 53.8 Å². The van der Waals surface area contributed by atoms with E-state index in [1.54, 1.807) is 17.0 Å². The molecule has 2 aromatic rings. The fourth-order valence-corrected chi connectivity index (χ4v) is 2.73. The molecule has 2 amide bonds. The molecule has 130 valence electrons. The summed E-state index contributed by atoms with van der Waals surface area (Å²) in [6.45, 7) is 2.36. The van der Waals surface area contributed by atoms with E-state index < -0.39 is 5.82 Å². The maximum atomic E-state index is 13.5. The highest BCUT2D eigenvalue weighted by molar-refractivity contribution is 5.98. The number of carbonyl (C=O) groups excluding carboxylic acids is 2. The lowest BCUT2D eigenvalue weighted by Crippen LogP contribution is -2.39. The van der Waals surface area contributed by atoms with Gasteiger partial charge in [-0.2, -0.15) is 0 Å². The number of fused-ring (bicyclic) bond motifs is 1. The van der Waals surface area contributed by atoms with Gasteiger partial charge in [-0.1, -0.05) is 18.2 Å². The number of aryl methyl sites for hydroxylation is 1. The third kappa shape index (κ3) is 3.96. The molecule has 0 atom stereocenters. The second kappa shape index (κ2) is 7.34. The summed E-state index contributed by atoms with van der Waals surface area (Å²) in [6, 6.07) is 11.7. The Bertz CT molecular complexity index is 807. The van der Waals surface area contributed by atoms with Crippen LogP contribution in [0.25, 0.3) is 0 Å². The highest BCUT2D eigenvalue weighted by atomic mass is 19.1. The Labute approximate surface area is 145 Å². The third-order valence-corrected chi connectivity index (χ3v) is 3.99. The van der Waals surface area contributed by atoms with E-state index >= 15 is 0 Å². The van der Waals surface area contributed by atoms with Gasteiger partial charge in [-0.05, 0) is 43.2 Å². The first-order valence-electron chi connectivity index (χ1n) is 8.13. The summed E-state index contributed by atoms with van der Waals surface area (Å²) in [6.07, 6.45) is 0.666. The highest BCUT2D eigenvalue weighted by Crippen LogP contribution is 2.32. The number of amides is 2. The van der Waals surface area contributed by atoms with Gasteiger partial charge in [-0.25, -0.2) is 4.39 Å². The van der Waals surface area contributed by atoms with Crippen LogP contribution in [0.1, 0.15) is 18.4 Å². The standard InChI is InChI=1S/C19H19FN2O3/c1-13-8-9-16-17(11-13)25-12-19(24)22(16)10-4-7-18(23)21-15-6-3-2-5-14(15)20/h2-3,5-6,8-9,11H,4,7,10,12H2,1H3,(H,21,23). The van der Waals surface area contributed by atoms with Crippen LogP contribution in [0.4, 0.5) is 15.8 Å². The highest BCUT2D eigenvalue weighted by Gasteiger charge is 2.25. The van der Waals surface area contributed by atoms with E-state index in [0.717, 1.165) is 11.3 Å². The topological polar surface area (TPSA) is 58.6 Å². The maximum Gasteiger partial charge on any atom is 0.265 e. The van der Waals surface area contributed by atoms with Crippen molar-refractivity contribution in [3.63, 3.8) is 0 Å². The van der Waals surface area contributed by atoms with Crippen molar-refractivity contribution >= 4 is 23.2 Å². The van der Waals surface area contributed by atoms with Crippen molar-refractivity contribution in [2.24, 2.45) is 0 Å². The van der Waals surface area contributed by atoms with Gasteiger partial charge in [0, 0.05) is 13.0 Å². The van der Waals surface area contributed by atoms with Crippen LogP contribution >= 0.6 is 0 Å². The fraction of sp³-hybridized carbons (Fsp3) is 0.263. The minimum Gasteiger partial charge on any atom is -0.482 e. The van der Waals surface area contributed by atoms with Crippen LogP contribution in [0.2, 0.25) is 0 Å². The predicted octanol–water partition coefficient (Wildman–Crippen LogP) is 3.28. The normalized spacial score (nSPS) is 13.2. The Hall–Kier alpha value is -2.89. The average molecular weight is 342 g/mol. The molecule has 0 radical (unpaired) electrons. The maximum absolute atomic E-state index is 13.5. The van der Waals surface area contributed by atoms with Gasteiger partial charge in [0.05, 0.1) is 11.4 Å². The molecule has 0 saturated heterocycles. The molecule has 3 rings (SSSR count). The molecule has 0 fully saturated rings. The number of ether oxygens (including phenoxy) is 1. The number of halogens is 1. The number of nitrogens with one attached hydrogen (secondary N) is 1. The van der Waals surface area contributed by atoms with Crippen molar-refractivity contribution in [3.8, 4) is 5.75 Å². The summed E-state index contributed by atoms with van der Waals surface area (Å²) >= 11 is 0. The first-order chi connectivity index (χ1) is 12.0. The second-order valence-electron chi connectivity index (χ2n) is 5.94. The van der Waals surface area contributed by atoms with E-state index in [4.69, 9.17) is 4.74 Å². The van der Waals surface area contributed by atoms with E-state index in [9.17, 15) is 14.0 Å². The molecular weight excluding hydrogens is 323 g/mol. The third-order valence-electron chi connectivity index (χ3n) is 3.99. The number of hydrogen-bond donors (Lipinski definition) is 1. The molecule has 0 unspecified atom stereocenters. The molecule has 1 aliphatic heterocycles. The molecule has 0 aliphatic carbocycles. The predicted molar refractivity (Wildman–Crippen MR) is 93.3 cm³/mol. The van der Waals surface area contributed by atoms with Crippen LogP contribution in [0.5, 0.6) is 5.75 Å². The Morgan fingerprint density at radius 3 is 2.88 bits per heavy atom. The lowest BCUT2D eigenvalue weighted by atomic mass is 10.1. The minimum absolute atomic E-state index is 0.00211. The van der Waals surface area contributed by atoms with Crippen LogP contribution in [0.15, 0.2) is 42.5 Å². The monoisotopic (exact) mass is 342 g/mol. The van der Waals surface area contributed by atoms with Crippen LogP contribution < -0.4 is 15.0 Å². The molecule has 0 saturated carbocycles. The first-order valence-corrected chi connectivity index (χ1v) is 8.13. The Morgan fingerprint density at radius 2 is 2.08 bits per heavy atom. The van der Waals surface area contributed by atoms with Crippen LogP contribution in [0.3, 0.4) is 0 Å². The number of para-hydroxylation sites is 1. The zero-order valence-electron chi connectivity index (χ0n) is 13.9. The van der Waals surface area contributed by atoms with E-state index in [1.165, 1.54) is 12.1 Å². The second-order valence-corrected chi connectivity index (χ2v) is 5.94. The van der Waals surface area contributed by atoms with E-state index in [1.807, 2.05) is 25.1 Å². The van der Waals surface area contributed by atoms with E-state index in [2.05, 4.69) is 5.32 Å². The van der Waals surface area contributed by atoms with Gasteiger partial charge in [-0.15, -0.1) is 0 Å². The summed E-state index contributed by atoms with van der Waals surface area (Å²) in [7, 11) is 0. The molecule has 0 spiro atoms. The van der Waals surface area contributed by atoms with E-state index in [-0.39, 0.29) is 30.5 Å². The summed E-state index contributed by atoms with van der Waals surface area (Å²) in [5, 5.41) is 2.54. The number of rotatable bonds is 5. The van der Waals surface area contributed by atoms with Crippen LogP contribution in [-0.2, 0) is 9.59 Å². The fourth-order valence-electron chi connectivity index (χ4n) is 2.73. The summed E-state index contributed by atoms with van der Waals surface area (Å²) in [5.74, 6) is -0.209. The molecule has 5 nitrogen and oxygen atoms in total. The van der Waals surface area contributed by atoms with Gasteiger partial charge in [0.25, 0.3) is 5.91 Å². The van der Waals surface area contributed by atoms with Gasteiger partial charge in [0.15, 0.2) is 6.61 Å². The molecule has 1 heterocycles. The van der Waals surface area contributed by atoms with Gasteiger partial charge in [0.1, 0.15) is 11.6 Å². The zero-order chi connectivity index (χ0) is 17.8. The lowest BCUT2D eigenvalue weighted by Gasteiger charge is -2.29. The van der Waals surface area contributed by atoms with Crippen molar-refractivity contribution < 1.29 is 18.7 Å². The number of carbonyl (C=O) groups is 2. The molecule has 25 heavy (non-hydrogen) atoms. The molecule has 0 bridgehead atoms. The van der Waals surface area contributed by atoms with Crippen molar-refractivity contribution in [2.45, 2.75) is 19.8 Å². The molecule has 1 aliphatic rings. The molecule has 1 N–H and O–H groups in total. The number of hydrogen-bond acceptors (Lipinski definition) is 3. The molecule has 6 heteroatoms. The smallest absolute Gasteiger partial charge is 0.265 e. The lowest BCUT2D eigenvalue weighted by molar-refractivity contribution is -0.121. The van der Waals surface area contributed by atoms with Gasteiger partial charge in [0.2, 0.25) is 5.91 Å². The minimum atomic E-state index is -0.469. The van der Waals surface area contributed by atoms with Crippen molar-refractivity contribution in [1.29, 1.82) is 0 Å². The summed E-state index contributed by atoms with van der Waals surface area (Å²) in [4.78, 5) is 25.7. The number of benzene rings is 2.